The van der Waals surface area contributed by atoms with Gasteiger partial charge in [-0.25, -0.2) is 0 Å². The number of hydrogen-bond acceptors (Lipinski definition) is 3. The van der Waals surface area contributed by atoms with Crippen LogP contribution >= 0.6 is 12.2 Å². The Morgan fingerprint density at radius 2 is 1.54 bits per heavy atom. The zero-order valence-electron chi connectivity index (χ0n) is 15.7. The van der Waals surface area contributed by atoms with Gasteiger partial charge in [0.1, 0.15) is 17.2 Å². The Balaban J connectivity index is 1.79. The summed E-state index contributed by atoms with van der Waals surface area (Å²) >= 11 is 5.31. The van der Waals surface area contributed by atoms with Crippen LogP contribution in [-0.2, 0) is 0 Å². The van der Waals surface area contributed by atoms with Crippen LogP contribution in [0.1, 0.15) is 13.3 Å². The lowest BCUT2D eigenvalue weighted by molar-refractivity contribution is -0.858. The minimum atomic E-state index is 0.638. The molecule has 2 aromatic carbocycles. The Labute approximate surface area is 161 Å². The summed E-state index contributed by atoms with van der Waals surface area (Å²) in [5, 5.41) is 7.04. The van der Waals surface area contributed by atoms with Crippen molar-refractivity contribution in [3.8, 4) is 17.2 Å². The lowest BCUT2D eigenvalue weighted by Gasteiger charge is -2.12. The second-order valence-corrected chi connectivity index (χ2v) is 6.63. The Bertz CT molecular complexity index is 672. The van der Waals surface area contributed by atoms with Gasteiger partial charge in [-0.1, -0.05) is 0 Å². The summed E-state index contributed by atoms with van der Waals surface area (Å²) in [6, 6.07) is 15.3. The van der Waals surface area contributed by atoms with Gasteiger partial charge in [0.25, 0.3) is 0 Å². The second kappa shape index (κ2) is 10.6. The molecule has 0 saturated heterocycles. The molecule has 140 valence electrons. The minimum absolute atomic E-state index is 0.638. The van der Waals surface area contributed by atoms with E-state index in [2.05, 4.69) is 24.7 Å². The van der Waals surface area contributed by atoms with Gasteiger partial charge in [-0.15, -0.1) is 0 Å². The molecule has 2 aromatic rings. The average molecular weight is 375 g/mol. The van der Waals surface area contributed by atoms with Crippen LogP contribution in [0.25, 0.3) is 0 Å². The first-order chi connectivity index (χ1) is 12.6. The number of benzene rings is 2. The van der Waals surface area contributed by atoms with Crippen molar-refractivity contribution < 1.29 is 14.4 Å². The normalized spacial score (nSPS) is 10.5. The van der Waals surface area contributed by atoms with Crippen LogP contribution in [-0.4, -0.2) is 38.9 Å². The van der Waals surface area contributed by atoms with E-state index in [1.807, 2.05) is 55.5 Å². The molecule has 0 aliphatic carbocycles. The molecule has 26 heavy (non-hydrogen) atoms. The summed E-state index contributed by atoms with van der Waals surface area (Å²) < 4.78 is 11.3. The van der Waals surface area contributed by atoms with E-state index in [4.69, 9.17) is 21.7 Å². The highest BCUT2D eigenvalue weighted by atomic mass is 32.1. The number of anilines is 1. The molecule has 5 nitrogen and oxygen atoms in total. The zero-order valence-corrected chi connectivity index (χ0v) is 16.5. The van der Waals surface area contributed by atoms with Crippen molar-refractivity contribution in [1.82, 2.24) is 5.32 Å². The lowest BCUT2D eigenvalue weighted by Crippen LogP contribution is -3.05. The molecule has 2 rings (SSSR count). The first-order valence-electron chi connectivity index (χ1n) is 8.91. The van der Waals surface area contributed by atoms with Crippen molar-refractivity contribution in [2.24, 2.45) is 0 Å². The fraction of sp³-hybridized carbons (Fsp3) is 0.350. The van der Waals surface area contributed by atoms with Gasteiger partial charge in [0.15, 0.2) is 5.11 Å². The molecule has 0 radical (unpaired) electrons. The monoisotopic (exact) mass is 374 g/mol. The molecule has 0 bridgehead atoms. The Kier molecular flexibility index (Phi) is 8.18. The smallest absolute Gasteiger partial charge is 0.170 e. The van der Waals surface area contributed by atoms with Gasteiger partial charge in [0, 0.05) is 18.7 Å². The van der Waals surface area contributed by atoms with Crippen LogP contribution in [0.3, 0.4) is 0 Å². The van der Waals surface area contributed by atoms with Crippen LogP contribution in [0, 0.1) is 0 Å². The fourth-order valence-corrected chi connectivity index (χ4v) is 2.55. The van der Waals surface area contributed by atoms with E-state index >= 15 is 0 Å². The van der Waals surface area contributed by atoms with Crippen LogP contribution < -0.4 is 25.0 Å². The van der Waals surface area contributed by atoms with E-state index < -0.39 is 0 Å². The van der Waals surface area contributed by atoms with Gasteiger partial charge in [-0.05, 0) is 67.7 Å². The topological polar surface area (TPSA) is 47.0 Å². The first kappa shape index (κ1) is 20.0. The molecule has 0 unspecified atom stereocenters. The van der Waals surface area contributed by atoms with E-state index in [-0.39, 0.29) is 0 Å². The van der Waals surface area contributed by atoms with Gasteiger partial charge in [0.2, 0.25) is 0 Å². The van der Waals surface area contributed by atoms with Gasteiger partial charge in [-0.3, -0.25) is 0 Å². The predicted octanol–water partition coefficient (Wildman–Crippen LogP) is 2.70. The molecular formula is C20H28N3O2S+. The number of rotatable bonds is 9. The summed E-state index contributed by atoms with van der Waals surface area (Å²) in [4.78, 5) is 1.44. The van der Waals surface area contributed by atoms with Crippen molar-refractivity contribution in [3.05, 3.63) is 48.5 Å². The molecule has 0 aliphatic rings. The number of thiocarbonyl (C=S) groups is 1. The Morgan fingerprint density at radius 1 is 0.962 bits per heavy atom. The van der Waals surface area contributed by atoms with Crippen molar-refractivity contribution in [1.29, 1.82) is 0 Å². The predicted molar refractivity (Wildman–Crippen MR) is 111 cm³/mol. The summed E-state index contributed by atoms with van der Waals surface area (Å²) in [7, 11) is 4.29. The van der Waals surface area contributed by atoms with Gasteiger partial charge in [0.05, 0.1) is 27.2 Å². The highest BCUT2D eigenvalue weighted by Gasteiger charge is 2.01. The van der Waals surface area contributed by atoms with E-state index in [1.54, 1.807) is 0 Å². The Hall–Kier alpha value is -2.31. The van der Waals surface area contributed by atoms with Crippen LogP contribution in [0.2, 0.25) is 0 Å². The van der Waals surface area contributed by atoms with Crippen molar-refractivity contribution in [2.75, 3.05) is 39.1 Å². The summed E-state index contributed by atoms with van der Waals surface area (Å²) in [6.07, 6.45) is 1.08. The third-order valence-corrected chi connectivity index (χ3v) is 3.87. The molecule has 0 aromatic heterocycles. The summed E-state index contributed by atoms with van der Waals surface area (Å²) in [6.45, 7) is 4.61. The fourth-order valence-electron chi connectivity index (χ4n) is 2.33. The summed E-state index contributed by atoms with van der Waals surface area (Å²) in [5.74, 6) is 2.38. The quantitative estimate of drug-likeness (QED) is 0.465. The van der Waals surface area contributed by atoms with E-state index in [9.17, 15) is 0 Å². The maximum Gasteiger partial charge on any atom is 0.170 e. The maximum absolute atomic E-state index is 5.84. The Morgan fingerprint density at radius 3 is 2.12 bits per heavy atom. The molecule has 0 heterocycles. The van der Waals surface area contributed by atoms with Crippen LogP contribution in [0.5, 0.6) is 17.2 Å². The largest absolute Gasteiger partial charge is 0.494 e. The molecule has 3 N–H and O–H groups in total. The minimum Gasteiger partial charge on any atom is -0.494 e. The molecule has 0 atom stereocenters. The number of quaternary nitrogens is 1. The summed E-state index contributed by atoms with van der Waals surface area (Å²) in [5.41, 5.74) is 0.930. The van der Waals surface area contributed by atoms with E-state index in [1.165, 1.54) is 4.90 Å². The SMILES string of the molecule is CCOc1ccc(Oc2ccc(NC(=S)NCCC[NH+](C)C)cc2)cc1. The lowest BCUT2D eigenvalue weighted by atomic mass is 10.3. The first-order valence-corrected chi connectivity index (χ1v) is 9.32. The molecule has 0 amide bonds. The van der Waals surface area contributed by atoms with E-state index in [0.29, 0.717) is 11.7 Å². The molecule has 0 aliphatic heterocycles. The van der Waals surface area contributed by atoms with Gasteiger partial charge >= 0.3 is 0 Å². The van der Waals surface area contributed by atoms with Crippen LogP contribution in [0.15, 0.2) is 48.5 Å². The number of ether oxygens (including phenoxy) is 2. The zero-order chi connectivity index (χ0) is 18.8. The molecule has 6 heteroatoms. The molecule has 0 fully saturated rings. The average Bonchev–Trinajstić information content (AvgIpc) is 2.62. The van der Waals surface area contributed by atoms with Crippen molar-refractivity contribution in [2.45, 2.75) is 13.3 Å². The highest BCUT2D eigenvalue weighted by molar-refractivity contribution is 7.80. The van der Waals surface area contributed by atoms with Crippen molar-refractivity contribution in [3.63, 3.8) is 0 Å². The second-order valence-electron chi connectivity index (χ2n) is 6.22. The third-order valence-electron chi connectivity index (χ3n) is 3.62. The maximum atomic E-state index is 5.84. The van der Waals surface area contributed by atoms with Gasteiger partial charge in [-0.2, -0.15) is 0 Å². The molecule has 0 saturated carbocycles. The highest BCUT2D eigenvalue weighted by Crippen LogP contribution is 2.25. The molecular weight excluding hydrogens is 346 g/mol. The van der Waals surface area contributed by atoms with Gasteiger partial charge < -0.3 is 25.0 Å². The van der Waals surface area contributed by atoms with Crippen molar-refractivity contribution >= 4 is 23.0 Å². The standard InChI is InChI=1S/C20H27N3O2S/c1-4-24-17-10-12-19(13-11-17)25-18-8-6-16(7-9-18)22-20(26)21-14-5-15-23(2)3/h6-13H,4-5,14-15H2,1-3H3,(H2,21,22,26)/p+1. The third kappa shape index (κ3) is 7.29. The number of hydrogen-bond donors (Lipinski definition) is 3. The number of nitrogens with one attached hydrogen (secondary N) is 3. The molecule has 0 spiro atoms. The van der Waals surface area contributed by atoms with E-state index in [0.717, 1.165) is 42.4 Å². The van der Waals surface area contributed by atoms with Crippen LogP contribution in [0.4, 0.5) is 5.69 Å².